The Bertz CT molecular complexity index is 313. The van der Waals surface area contributed by atoms with Crippen LogP contribution in [0.3, 0.4) is 0 Å². The molecule has 0 aromatic heterocycles. The number of amides is 1. The number of likely N-dealkylation sites (tertiary alicyclic amines) is 1. The third kappa shape index (κ3) is 3.48. The van der Waals surface area contributed by atoms with Gasteiger partial charge in [-0.15, -0.1) is 0 Å². The number of carbonyl (C=O) groups excluding carboxylic acids is 1. The van der Waals surface area contributed by atoms with Crippen molar-refractivity contribution in [3.8, 4) is 0 Å². The van der Waals surface area contributed by atoms with Crippen molar-refractivity contribution < 1.29 is 9.90 Å². The monoisotopic (exact) mass is 268 g/mol. The van der Waals surface area contributed by atoms with Crippen molar-refractivity contribution in [2.24, 2.45) is 11.3 Å². The first kappa shape index (κ1) is 14.8. The molecule has 0 radical (unpaired) electrons. The number of piperidine rings is 1. The van der Waals surface area contributed by atoms with Crippen LogP contribution >= 0.6 is 0 Å². The summed E-state index contributed by atoms with van der Waals surface area (Å²) in [6.07, 6.45) is 6.63. The smallest absolute Gasteiger partial charge is 0.226 e. The van der Waals surface area contributed by atoms with Crippen LogP contribution in [-0.2, 0) is 4.79 Å². The summed E-state index contributed by atoms with van der Waals surface area (Å²) in [5, 5.41) is 9.65. The van der Waals surface area contributed by atoms with Crippen molar-refractivity contribution in [3.63, 3.8) is 0 Å². The van der Waals surface area contributed by atoms with Crippen LogP contribution in [0.4, 0.5) is 0 Å². The molecule has 1 saturated carbocycles. The number of carbonyl (C=O) groups is 1. The van der Waals surface area contributed by atoms with Gasteiger partial charge in [-0.3, -0.25) is 4.79 Å². The molecule has 2 fully saturated rings. The van der Waals surface area contributed by atoms with Gasteiger partial charge in [0.2, 0.25) is 5.91 Å². The molecule has 4 heteroatoms. The fourth-order valence-electron chi connectivity index (χ4n) is 3.75. The molecule has 4 nitrogen and oxygen atoms in total. The van der Waals surface area contributed by atoms with Gasteiger partial charge in [0.05, 0.1) is 12.5 Å². The summed E-state index contributed by atoms with van der Waals surface area (Å²) in [6, 6.07) is 0. The summed E-state index contributed by atoms with van der Waals surface area (Å²) in [4.78, 5) is 16.6. The number of rotatable bonds is 4. The minimum atomic E-state index is -0.0228. The van der Waals surface area contributed by atoms with Gasteiger partial charge in [0.1, 0.15) is 0 Å². The third-order valence-corrected chi connectivity index (χ3v) is 4.92. The zero-order valence-corrected chi connectivity index (χ0v) is 12.4. The summed E-state index contributed by atoms with van der Waals surface area (Å²) < 4.78 is 0. The zero-order valence-electron chi connectivity index (χ0n) is 12.4. The van der Waals surface area contributed by atoms with Crippen molar-refractivity contribution in [1.82, 2.24) is 9.80 Å². The predicted molar refractivity (Wildman–Crippen MR) is 75.8 cm³/mol. The van der Waals surface area contributed by atoms with Gasteiger partial charge in [-0.2, -0.15) is 0 Å². The minimum Gasteiger partial charge on any atom is -0.396 e. The maximum absolute atomic E-state index is 12.5. The van der Waals surface area contributed by atoms with E-state index in [0.29, 0.717) is 0 Å². The minimum absolute atomic E-state index is 0.0228. The second kappa shape index (κ2) is 6.23. The Morgan fingerprint density at radius 2 is 2.05 bits per heavy atom. The number of hydrogen-bond donors (Lipinski definition) is 1. The largest absolute Gasteiger partial charge is 0.396 e. The molecule has 19 heavy (non-hydrogen) atoms. The Kier molecular flexibility index (Phi) is 4.85. The summed E-state index contributed by atoms with van der Waals surface area (Å²) in [7, 11) is 4.00. The molecule has 110 valence electrons. The molecule has 1 aliphatic carbocycles. The first-order valence-electron chi connectivity index (χ1n) is 7.61. The van der Waals surface area contributed by atoms with Gasteiger partial charge in [0.25, 0.3) is 0 Å². The number of aliphatic hydroxyl groups excluding tert-OH is 1. The van der Waals surface area contributed by atoms with Gasteiger partial charge in [-0.25, -0.2) is 0 Å². The van der Waals surface area contributed by atoms with E-state index in [4.69, 9.17) is 0 Å². The highest BCUT2D eigenvalue weighted by atomic mass is 16.3. The van der Waals surface area contributed by atoms with Gasteiger partial charge in [-0.05, 0) is 39.3 Å². The topological polar surface area (TPSA) is 43.8 Å². The van der Waals surface area contributed by atoms with E-state index in [1.165, 1.54) is 12.8 Å². The molecule has 0 aromatic rings. The van der Waals surface area contributed by atoms with Crippen LogP contribution in [0, 0.1) is 11.3 Å². The van der Waals surface area contributed by atoms with E-state index in [1.807, 2.05) is 11.9 Å². The third-order valence-electron chi connectivity index (χ3n) is 4.92. The Hall–Kier alpha value is -0.610. The van der Waals surface area contributed by atoms with Gasteiger partial charge in [0, 0.05) is 25.6 Å². The number of hydrogen-bond acceptors (Lipinski definition) is 3. The molecule has 1 N–H and O–H groups in total. The Balaban J connectivity index is 1.91. The van der Waals surface area contributed by atoms with E-state index < -0.39 is 0 Å². The second-order valence-corrected chi connectivity index (χ2v) is 6.66. The van der Waals surface area contributed by atoms with E-state index >= 15 is 0 Å². The van der Waals surface area contributed by atoms with E-state index in [1.54, 1.807) is 0 Å². The van der Waals surface area contributed by atoms with E-state index in [9.17, 15) is 9.90 Å². The van der Waals surface area contributed by atoms with Crippen LogP contribution in [0.15, 0.2) is 0 Å². The van der Waals surface area contributed by atoms with Crippen molar-refractivity contribution in [3.05, 3.63) is 0 Å². The van der Waals surface area contributed by atoms with Crippen molar-refractivity contribution in [2.75, 3.05) is 40.3 Å². The molecule has 0 spiro atoms. The van der Waals surface area contributed by atoms with Gasteiger partial charge >= 0.3 is 0 Å². The second-order valence-electron chi connectivity index (χ2n) is 6.66. The molecular weight excluding hydrogens is 240 g/mol. The Morgan fingerprint density at radius 3 is 2.63 bits per heavy atom. The first-order valence-corrected chi connectivity index (χ1v) is 7.61. The van der Waals surface area contributed by atoms with E-state index in [-0.39, 0.29) is 23.8 Å². The maximum atomic E-state index is 12.5. The molecule has 2 aliphatic rings. The molecule has 0 bridgehead atoms. The lowest BCUT2D eigenvalue weighted by Gasteiger charge is -2.36. The molecule has 0 unspecified atom stereocenters. The average molecular weight is 268 g/mol. The maximum Gasteiger partial charge on any atom is 0.226 e. The highest BCUT2D eigenvalue weighted by molar-refractivity contribution is 5.79. The van der Waals surface area contributed by atoms with Crippen LogP contribution < -0.4 is 0 Å². The molecule has 2 rings (SSSR count). The standard InChI is InChI=1S/C15H28N2O2/c1-16-9-5-6-13(10-16)14(19)17(2)11-15(12-18)7-3-4-8-15/h13,18H,3-12H2,1-2H3/t13-/m0/s1. The molecule has 1 aliphatic heterocycles. The normalized spacial score (nSPS) is 27.4. The van der Waals surface area contributed by atoms with E-state index in [2.05, 4.69) is 11.9 Å². The predicted octanol–water partition coefficient (Wildman–Crippen LogP) is 1.34. The molecular formula is C15H28N2O2. The molecule has 1 saturated heterocycles. The Morgan fingerprint density at radius 1 is 1.37 bits per heavy atom. The summed E-state index contributed by atoms with van der Waals surface area (Å²) in [6.45, 7) is 2.93. The van der Waals surface area contributed by atoms with E-state index in [0.717, 1.165) is 45.3 Å². The van der Waals surface area contributed by atoms with Crippen molar-refractivity contribution in [2.45, 2.75) is 38.5 Å². The summed E-state index contributed by atoms with van der Waals surface area (Å²) >= 11 is 0. The van der Waals surface area contributed by atoms with Gasteiger partial charge in [-0.1, -0.05) is 12.8 Å². The fourth-order valence-corrected chi connectivity index (χ4v) is 3.75. The first-order chi connectivity index (χ1) is 9.06. The summed E-state index contributed by atoms with van der Waals surface area (Å²) in [5.74, 6) is 0.423. The average Bonchev–Trinajstić information content (AvgIpc) is 2.87. The van der Waals surface area contributed by atoms with Gasteiger partial charge < -0.3 is 14.9 Å². The number of nitrogens with zero attached hydrogens (tertiary/aromatic N) is 2. The molecule has 1 heterocycles. The van der Waals surface area contributed by atoms with Crippen LogP contribution in [0.2, 0.25) is 0 Å². The lowest BCUT2D eigenvalue weighted by Crippen LogP contribution is -2.46. The van der Waals surface area contributed by atoms with Gasteiger partial charge in [0.15, 0.2) is 0 Å². The quantitative estimate of drug-likeness (QED) is 0.837. The SMILES string of the molecule is CN1CCC[C@H](C(=O)N(C)CC2(CO)CCCC2)C1. The van der Waals surface area contributed by atoms with Crippen molar-refractivity contribution >= 4 is 5.91 Å². The summed E-state index contributed by atoms with van der Waals surface area (Å²) in [5.41, 5.74) is -0.0228. The van der Waals surface area contributed by atoms with Crippen LogP contribution in [0.1, 0.15) is 38.5 Å². The zero-order chi connectivity index (χ0) is 13.9. The lowest BCUT2D eigenvalue weighted by atomic mass is 9.86. The highest BCUT2D eigenvalue weighted by Gasteiger charge is 2.36. The number of aliphatic hydroxyl groups is 1. The fraction of sp³-hybridized carbons (Fsp3) is 0.933. The van der Waals surface area contributed by atoms with Crippen molar-refractivity contribution in [1.29, 1.82) is 0 Å². The molecule has 0 aromatic carbocycles. The molecule has 1 atom stereocenters. The van der Waals surface area contributed by atoms with Crippen LogP contribution in [0.5, 0.6) is 0 Å². The van der Waals surface area contributed by atoms with Crippen LogP contribution in [0.25, 0.3) is 0 Å². The Labute approximate surface area is 116 Å². The molecule has 1 amide bonds. The highest BCUT2D eigenvalue weighted by Crippen LogP contribution is 2.38. The lowest BCUT2D eigenvalue weighted by molar-refractivity contribution is -0.137. The van der Waals surface area contributed by atoms with Crippen LogP contribution in [-0.4, -0.2) is 61.2 Å².